The Morgan fingerprint density at radius 3 is 2.58 bits per heavy atom. The number of carbonyl (C=O) groups excluding carboxylic acids is 1. The van der Waals surface area contributed by atoms with Crippen LogP contribution in [0.4, 0.5) is 0 Å². The Morgan fingerprint density at radius 2 is 2.00 bits per heavy atom. The summed E-state index contributed by atoms with van der Waals surface area (Å²) in [5.41, 5.74) is -0.148. The molecule has 1 saturated carbocycles. The van der Waals surface area contributed by atoms with E-state index in [1.165, 1.54) is 0 Å². The number of ether oxygens (including phenoxy) is 1. The highest BCUT2D eigenvalue weighted by Crippen LogP contribution is 2.29. The van der Waals surface area contributed by atoms with Crippen molar-refractivity contribution in [3.05, 3.63) is 0 Å². The zero-order valence-electron chi connectivity index (χ0n) is 11.9. The van der Waals surface area contributed by atoms with E-state index in [1.54, 1.807) is 0 Å². The van der Waals surface area contributed by atoms with E-state index in [1.807, 2.05) is 11.8 Å². The zero-order valence-corrected chi connectivity index (χ0v) is 11.9. The average molecular weight is 270 g/mol. The number of amides is 1. The summed E-state index contributed by atoms with van der Waals surface area (Å²) < 4.78 is 5.25. The number of carbonyl (C=O) groups is 1. The van der Waals surface area contributed by atoms with Crippen LogP contribution in [0.2, 0.25) is 0 Å². The summed E-state index contributed by atoms with van der Waals surface area (Å²) in [6.07, 6.45) is 4.86. The summed E-state index contributed by atoms with van der Waals surface area (Å²) >= 11 is 0. The summed E-state index contributed by atoms with van der Waals surface area (Å²) in [7, 11) is 0. The van der Waals surface area contributed by atoms with Gasteiger partial charge in [0.15, 0.2) is 0 Å². The van der Waals surface area contributed by atoms with E-state index in [9.17, 15) is 9.90 Å². The number of aliphatic hydroxyl groups is 1. The predicted octanol–water partition coefficient (Wildman–Crippen LogP) is 0.519. The molecule has 2 fully saturated rings. The topological polar surface area (TPSA) is 61.8 Å². The molecule has 2 N–H and O–H groups in total. The van der Waals surface area contributed by atoms with Crippen molar-refractivity contribution in [3.8, 4) is 0 Å². The first-order valence-electron chi connectivity index (χ1n) is 7.39. The van der Waals surface area contributed by atoms with Gasteiger partial charge in [0.2, 0.25) is 5.91 Å². The lowest BCUT2D eigenvalue weighted by Crippen LogP contribution is -2.52. The van der Waals surface area contributed by atoms with Crippen LogP contribution in [0.5, 0.6) is 0 Å². The van der Waals surface area contributed by atoms with Crippen LogP contribution in [0, 0.1) is 0 Å². The molecule has 0 aromatic heterocycles. The highest BCUT2D eigenvalue weighted by Gasteiger charge is 2.34. The van der Waals surface area contributed by atoms with Crippen molar-refractivity contribution in [1.29, 1.82) is 0 Å². The van der Waals surface area contributed by atoms with E-state index in [0.29, 0.717) is 32.7 Å². The molecule has 1 saturated heterocycles. The maximum absolute atomic E-state index is 12.1. The molecule has 0 bridgehead atoms. The van der Waals surface area contributed by atoms with Crippen LogP contribution in [0.1, 0.15) is 39.0 Å². The molecule has 0 radical (unpaired) electrons. The molecule has 1 aliphatic carbocycles. The van der Waals surface area contributed by atoms with Gasteiger partial charge in [0.25, 0.3) is 0 Å². The molecular formula is C14H26N2O3. The molecule has 1 unspecified atom stereocenters. The largest absolute Gasteiger partial charge is 0.394 e. The van der Waals surface area contributed by atoms with Gasteiger partial charge in [-0.15, -0.1) is 0 Å². The molecule has 1 amide bonds. The van der Waals surface area contributed by atoms with Crippen LogP contribution in [-0.2, 0) is 9.53 Å². The fraction of sp³-hybridized carbons (Fsp3) is 0.929. The van der Waals surface area contributed by atoms with Gasteiger partial charge < -0.3 is 20.1 Å². The van der Waals surface area contributed by atoms with Crippen molar-refractivity contribution < 1.29 is 14.6 Å². The maximum Gasteiger partial charge on any atom is 0.224 e. The minimum absolute atomic E-state index is 0.112. The van der Waals surface area contributed by atoms with Gasteiger partial charge in [-0.3, -0.25) is 4.79 Å². The van der Waals surface area contributed by atoms with Crippen molar-refractivity contribution in [2.24, 2.45) is 0 Å². The molecule has 19 heavy (non-hydrogen) atoms. The van der Waals surface area contributed by atoms with Crippen LogP contribution in [0.25, 0.3) is 0 Å². The smallest absolute Gasteiger partial charge is 0.224 e. The van der Waals surface area contributed by atoms with Crippen LogP contribution >= 0.6 is 0 Å². The second-order valence-corrected chi connectivity index (χ2v) is 5.89. The summed E-state index contributed by atoms with van der Waals surface area (Å²) in [4.78, 5) is 14.0. The number of aliphatic hydroxyl groups excluding tert-OH is 1. The molecule has 5 heteroatoms. The Balaban J connectivity index is 1.79. The number of nitrogens with zero attached hydrogens (tertiary/aromatic N) is 1. The minimum Gasteiger partial charge on any atom is -0.394 e. The van der Waals surface area contributed by atoms with Gasteiger partial charge in [-0.1, -0.05) is 12.8 Å². The van der Waals surface area contributed by atoms with Crippen molar-refractivity contribution in [2.45, 2.75) is 50.6 Å². The first-order chi connectivity index (χ1) is 9.15. The second kappa shape index (κ2) is 6.68. The predicted molar refractivity (Wildman–Crippen MR) is 72.9 cm³/mol. The fourth-order valence-corrected chi connectivity index (χ4v) is 3.18. The Hall–Kier alpha value is -0.650. The van der Waals surface area contributed by atoms with Crippen molar-refractivity contribution in [3.63, 3.8) is 0 Å². The average Bonchev–Trinajstić information content (AvgIpc) is 2.88. The molecule has 1 heterocycles. The summed E-state index contributed by atoms with van der Waals surface area (Å²) in [5, 5.41) is 13.1. The Labute approximate surface area is 115 Å². The molecule has 5 nitrogen and oxygen atoms in total. The van der Waals surface area contributed by atoms with Gasteiger partial charge in [0.05, 0.1) is 19.8 Å². The van der Waals surface area contributed by atoms with E-state index in [2.05, 4.69) is 5.32 Å². The number of rotatable bonds is 5. The normalized spacial score (nSPS) is 24.4. The van der Waals surface area contributed by atoms with Gasteiger partial charge in [-0.05, 0) is 19.8 Å². The molecule has 2 aliphatic rings. The molecule has 0 aromatic rings. The van der Waals surface area contributed by atoms with Crippen molar-refractivity contribution >= 4 is 5.91 Å². The maximum atomic E-state index is 12.1. The Morgan fingerprint density at radius 1 is 1.37 bits per heavy atom. The third kappa shape index (κ3) is 3.91. The molecule has 1 aliphatic heterocycles. The monoisotopic (exact) mass is 270 g/mol. The number of morpholine rings is 1. The summed E-state index contributed by atoms with van der Waals surface area (Å²) in [5.74, 6) is 0.189. The second-order valence-electron chi connectivity index (χ2n) is 5.89. The Kier molecular flexibility index (Phi) is 5.19. The van der Waals surface area contributed by atoms with Crippen LogP contribution in [0.15, 0.2) is 0 Å². The number of hydrogen-bond donors (Lipinski definition) is 2. The molecule has 0 spiro atoms. The van der Waals surface area contributed by atoms with Gasteiger partial charge in [0.1, 0.15) is 0 Å². The van der Waals surface area contributed by atoms with E-state index in [4.69, 9.17) is 4.74 Å². The molecule has 1 atom stereocenters. The van der Waals surface area contributed by atoms with Crippen LogP contribution in [-0.4, -0.2) is 60.4 Å². The number of hydrogen-bond acceptors (Lipinski definition) is 4. The van der Waals surface area contributed by atoms with E-state index in [-0.39, 0.29) is 24.1 Å². The highest BCUT2D eigenvalue weighted by atomic mass is 16.5. The SMILES string of the molecule is CC(CC(=O)N1CCOCC1)NC1(CO)CCCC1. The Bertz CT molecular complexity index is 297. The standard InChI is InChI=1S/C14H26N2O3/c1-12(15-14(11-17)4-2-3-5-14)10-13(18)16-6-8-19-9-7-16/h12,15,17H,2-11H2,1H3. The van der Waals surface area contributed by atoms with Crippen LogP contribution < -0.4 is 5.32 Å². The molecule has 110 valence electrons. The molecular weight excluding hydrogens is 244 g/mol. The lowest BCUT2D eigenvalue weighted by Gasteiger charge is -2.33. The van der Waals surface area contributed by atoms with Crippen molar-refractivity contribution in [2.75, 3.05) is 32.9 Å². The van der Waals surface area contributed by atoms with Gasteiger partial charge in [-0.2, -0.15) is 0 Å². The third-order valence-electron chi connectivity index (χ3n) is 4.26. The fourth-order valence-electron chi connectivity index (χ4n) is 3.18. The van der Waals surface area contributed by atoms with Gasteiger partial charge in [0, 0.05) is 31.1 Å². The number of nitrogens with one attached hydrogen (secondary N) is 1. The first kappa shape index (κ1) is 14.8. The van der Waals surface area contributed by atoms with E-state index in [0.717, 1.165) is 25.7 Å². The van der Waals surface area contributed by atoms with E-state index >= 15 is 0 Å². The minimum atomic E-state index is -0.148. The summed E-state index contributed by atoms with van der Waals surface area (Å²) in [6.45, 7) is 4.91. The van der Waals surface area contributed by atoms with Gasteiger partial charge in [-0.25, -0.2) is 0 Å². The van der Waals surface area contributed by atoms with Gasteiger partial charge >= 0.3 is 0 Å². The molecule has 0 aromatic carbocycles. The highest BCUT2D eigenvalue weighted by molar-refractivity contribution is 5.76. The molecule has 2 rings (SSSR count). The van der Waals surface area contributed by atoms with E-state index < -0.39 is 0 Å². The third-order valence-corrected chi connectivity index (χ3v) is 4.26. The lowest BCUT2D eigenvalue weighted by molar-refractivity contribution is -0.135. The van der Waals surface area contributed by atoms with Crippen LogP contribution in [0.3, 0.4) is 0 Å². The quantitative estimate of drug-likeness (QED) is 0.764. The van der Waals surface area contributed by atoms with Crippen molar-refractivity contribution in [1.82, 2.24) is 10.2 Å². The summed E-state index contributed by atoms with van der Waals surface area (Å²) in [6, 6.07) is 0.112. The first-order valence-corrected chi connectivity index (χ1v) is 7.39. The lowest BCUT2D eigenvalue weighted by atomic mass is 9.97. The zero-order chi connectivity index (χ0) is 13.7.